The minimum Gasteiger partial charge on any atom is -0.392 e. The standard InChI is InChI=1S/C11H12ClN3O4S/c12-10-5-9(2-1-8(10)6-16)20(17,18)14-4-3-11-13-7-19-15-11/h1-2,5,7,14,16H,3-4,6H2. The molecule has 1 aromatic heterocycles. The summed E-state index contributed by atoms with van der Waals surface area (Å²) in [4.78, 5) is 3.82. The first-order chi connectivity index (χ1) is 9.53. The number of aromatic nitrogens is 2. The molecule has 0 amide bonds. The average molecular weight is 318 g/mol. The SMILES string of the molecule is O=S(=O)(NCCc1ncon1)c1ccc(CO)c(Cl)c1. The Morgan fingerprint density at radius 3 is 2.80 bits per heavy atom. The summed E-state index contributed by atoms with van der Waals surface area (Å²) < 4.78 is 31.0. The maximum atomic E-state index is 12.0. The lowest BCUT2D eigenvalue weighted by Gasteiger charge is -2.07. The smallest absolute Gasteiger partial charge is 0.240 e. The van der Waals surface area contributed by atoms with E-state index < -0.39 is 10.0 Å². The predicted molar refractivity (Wildman–Crippen MR) is 70.6 cm³/mol. The van der Waals surface area contributed by atoms with E-state index in [2.05, 4.69) is 19.4 Å². The van der Waals surface area contributed by atoms with Gasteiger partial charge in [-0.05, 0) is 17.7 Å². The Labute approximate surface area is 120 Å². The Morgan fingerprint density at radius 1 is 1.40 bits per heavy atom. The van der Waals surface area contributed by atoms with Crippen molar-refractivity contribution in [3.8, 4) is 0 Å². The summed E-state index contributed by atoms with van der Waals surface area (Å²) in [6, 6.07) is 4.15. The van der Waals surface area contributed by atoms with Gasteiger partial charge in [-0.2, -0.15) is 4.98 Å². The molecule has 2 rings (SSSR count). The van der Waals surface area contributed by atoms with E-state index in [9.17, 15) is 8.42 Å². The molecular formula is C11H12ClN3O4S. The number of aliphatic hydroxyl groups excluding tert-OH is 1. The largest absolute Gasteiger partial charge is 0.392 e. The lowest BCUT2D eigenvalue weighted by molar-refractivity contribution is 0.282. The van der Waals surface area contributed by atoms with Gasteiger partial charge in [-0.3, -0.25) is 0 Å². The summed E-state index contributed by atoms with van der Waals surface area (Å²) in [5.41, 5.74) is 0.470. The fourth-order valence-corrected chi connectivity index (χ4v) is 2.87. The molecule has 0 radical (unpaired) electrons. The first-order valence-corrected chi connectivity index (χ1v) is 7.53. The van der Waals surface area contributed by atoms with Gasteiger partial charge in [0.05, 0.1) is 11.5 Å². The van der Waals surface area contributed by atoms with Gasteiger partial charge >= 0.3 is 0 Å². The molecule has 0 saturated carbocycles. The molecule has 0 spiro atoms. The fourth-order valence-electron chi connectivity index (χ4n) is 1.51. The lowest BCUT2D eigenvalue weighted by Crippen LogP contribution is -2.26. The second-order valence-corrected chi connectivity index (χ2v) is 6.08. The van der Waals surface area contributed by atoms with Crippen LogP contribution in [0, 0.1) is 0 Å². The maximum absolute atomic E-state index is 12.0. The zero-order chi connectivity index (χ0) is 14.6. The molecular weight excluding hydrogens is 306 g/mol. The summed E-state index contributed by atoms with van der Waals surface area (Å²) in [5.74, 6) is 0.418. The van der Waals surface area contributed by atoms with Gasteiger partial charge in [0.15, 0.2) is 5.82 Å². The molecule has 2 N–H and O–H groups in total. The van der Waals surface area contributed by atoms with Crippen LogP contribution in [0.1, 0.15) is 11.4 Å². The van der Waals surface area contributed by atoms with E-state index in [0.717, 1.165) is 0 Å². The number of benzene rings is 1. The van der Waals surface area contributed by atoms with Crippen LogP contribution in [0.25, 0.3) is 0 Å². The molecule has 7 nitrogen and oxygen atoms in total. The Balaban J connectivity index is 2.04. The van der Waals surface area contributed by atoms with E-state index in [1.165, 1.54) is 24.6 Å². The zero-order valence-electron chi connectivity index (χ0n) is 10.3. The molecule has 0 aliphatic heterocycles. The Bertz CT molecular complexity index is 673. The monoisotopic (exact) mass is 317 g/mol. The van der Waals surface area contributed by atoms with Crippen molar-refractivity contribution in [3.63, 3.8) is 0 Å². The minimum atomic E-state index is -3.66. The number of hydrogen-bond donors (Lipinski definition) is 2. The van der Waals surface area contributed by atoms with Gasteiger partial charge in [0, 0.05) is 18.0 Å². The summed E-state index contributed by atoms with van der Waals surface area (Å²) in [6.45, 7) is -0.106. The summed E-state index contributed by atoms with van der Waals surface area (Å²) >= 11 is 5.87. The van der Waals surface area contributed by atoms with Crippen molar-refractivity contribution < 1.29 is 18.0 Å². The van der Waals surface area contributed by atoms with Crippen molar-refractivity contribution in [2.45, 2.75) is 17.9 Å². The number of hydrogen-bond acceptors (Lipinski definition) is 6. The molecule has 0 saturated heterocycles. The third-order valence-corrected chi connectivity index (χ3v) is 4.36. The molecule has 0 aliphatic rings. The van der Waals surface area contributed by atoms with Crippen LogP contribution in [0.4, 0.5) is 0 Å². The van der Waals surface area contributed by atoms with Crippen LogP contribution >= 0.6 is 11.6 Å². The van der Waals surface area contributed by atoms with Crippen LogP contribution in [-0.4, -0.2) is 30.2 Å². The first-order valence-electron chi connectivity index (χ1n) is 5.67. The minimum absolute atomic E-state index is 0.0350. The Morgan fingerprint density at radius 2 is 2.20 bits per heavy atom. The lowest BCUT2D eigenvalue weighted by atomic mass is 10.2. The number of halogens is 1. The van der Waals surface area contributed by atoms with Gasteiger partial charge in [0.1, 0.15) is 0 Å². The molecule has 1 aromatic carbocycles. The summed E-state index contributed by atoms with van der Waals surface area (Å²) in [6.07, 6.45) is 1.50. The first kappa shape index (κ1) is 14.9. The summed E-state index contributed by atoms with van der Waals surface area (Å²) in [5, 5.41) is 12.8. The van der Waals surface area contributed by atoms with E-state index in [1.807, 2.05) is 0 Å². The van der Waals surface area contributed by atoms with Crippen LogP contribution in [0.2, 0.25) is 5.02 Å². The van der Waals surface area contributed by atoms with E-state index in [1.54, 1.807) is 0 Å². The van der Waals surface area contributed by atoms with Crippen LogP contribution in [0.5, 0.6) is 0 Å². The highest BCUT2D eigenvalue weighted by Gasteiger charge is 2.15. The number of sulfonamides is 1. The number of aliphatic hydroxyl groups is 1. The molecule has 0 aliphatic carbocycles. The predicted octanol–water partition coefficient (Wildman–Crippen LogP) is 0.736. The van der Waals surface area contributed by atoms with Crippen molar-refractivity contribution >= 4 is 21.6 Å². The van der Waals surface area contributed by atoms with Crippen molar-refractivity contribution in [1.29, 1.82) is 0 Å². The van der Waals surface area contributed by atoms with Crippen molar-refractivity contribution in [3.05, 3.63) is 41.0 Å². The van der Waals surface area contributed by atoms with E-state index in [0.29, 0.717) is 17.8 Å². The highest BCUT2D eigenvalue weighted by atomic mass is 35.5. The second-order valence-electron chi connectivity index (χ2n) is 3.91. The van der Waals surface area contributed by atoms with Gasteiger partial charge in [-0.25, -0.2) is 13.1 Å². The number of nitrogens with one attached hydrogen (secondary N) is 1. The van der Waals surface area contributed by atoms with E-state index >= 15 is 0 Å². The molecule has 0 fully saturated rings. The van der Waals surface area contributed by atoms with Crippen molar-refractivity contribution in [1.82, 2.24) is 14.9 Å². The van der Waals surface area contributed by atoms with Gasteiger partial charge < -0.3 is 9.63 Å². The van der Waals surface area contributed by atoms with Crippen molar-refractivity contribution in [2.75, 3.05) is 6.54 Å². The normalized spacial score (nSPS) is 11.7. The number of nitrogens with zero attached hydrogens (tertiary/aromatic N) is 2. The van der Waals surface area contributed by atoms with Crippen LogP contribution in [0.3, 0.4) is 0 Å². The van der Waals surface area contributed by atoms with Crippen LogP contribution in [0.15, 0.2) is 34.0 Å². The maximum Gasteiger partial charge on any atom is 0.240 e. The van der Waals surface area contributed by atoms with Crippen LogP contribution in [-0.2, 0) is 23.1 Å². The van der Waals surface area contributed by atoms with E-state index in [4.69, 9.17) is 16.7 Å². The van der Waals surface area contributed by atoms with E-state index in [-0.39, 0.29) is 23.1 Å². The molecule has 0 unspecified atom stereocenters. The molecule has 20 heavy (non-hydrogen) atoms. The van der Waals surface area contributed by atoms with Gasteiger partial charge in [-0.15, -0.1) is 0 Å². The molecule has 1 heterocycles. The Hall–Kier alpha value is -1.48. The molecule has 0 bridgehead atoms. The van der Waals surface area contributed by atoms with Gasteiger partial charge in [0.2, 0.25) is 16.4 Å². The van der Waals surface area contributed by atoms with Crippen LogP contribution < -0.4 is 4.72 Å². The quantitative estimate of drug-likeness (QED) is 0.814. The van der Waals surface area contributed by atoms with Gasteiger partial charge in [-0.1, -0.05) is 22.8 Å². The highest BCUT2D eigenvalue weighted by molar-refractivity contribution is 7.89. The molecule has 0 atom stereocenters. The third-order valence-electron chi connectivity index (χ3n) is 2.55. The highest BCUT2D eigenvalue weighted by Crippen LogP contribution is 2.20. The third kappa shape index (κ3) is 3.54. The Kier molecular flexibility index (Phi) is 4.71. The van der Waals surface area contributed by atoms with Gasteiger partial charge in [0.25, 0.3) is 0 Å². The van der Waals surface area contributed by atoms with Crippen molar-refractivity contribution in [2.24, 2.45) is 0 Å². The molecule has 9 heteroatoms. The summed E-state index contributed by atoms with van der Waals surface area (Å²) in [7, 11) is -3.66. The number of rotatable bonds is 6. The zero-order valence-corrected chi connectivity index (χ0v) is 11.9. The molecule has 2 aromatic rings. The average Bonchev–Trinajstić information content (AvgIpc) is 2.91. The second kappa shape index (κ2) is 6.31. The molecule has 108 valence electrons. The fraction of sp³-hybridized carbons (Fsp3) is 0.273. The topological polar surface area (TPSA) is 105 Å².